The first-order valence-electron chi connectivity index (χ1n) is 5.36. The van der Waals surface area contributed by atoms with Crippen molar-refractivity contribution >= 4 is 31.9 Å². The summed E-state index contributed by atoms with van der Waals surface area (Å²) in [6, 6.07) is 6.05. The van der Waals surface area contributed by atoms with Crippen molar-refractivity contribution in [1.29, 1.82) is 0 Å². The third-order valence-corrected chi connectivity index (χ3v) is 3.47. The Bertz CT molecular complexity index is 520. The molecule has 1 heterocycles. The summed E-state index contributed by atoms with van der Waals surface area (Å²) in [6.07, 6.45) is 2.57. The summed E-state index contributed by atoms with van der Waals surface area (Å²) in [4.78, 5) is 0. The molecule has 2 rings (SSSR count). The second kappa shape index (κ2) is 5.92. The number of hydrazine groups is 1. The topological polar surface area (TPSA) is 68.8 Å². The van der Waals surface area contributed by atoms with E-state index in [0.717, 1.165) is 20.2 Å². The van der Waals surface area contributed by atoms with Crippen molar-refractivity contribution in [2.75, 3.05) is 0 Å². The number of benzene rings is 1. The summed E-state index contributed by atoms with van der Waals surface area (Å²) >= 11 is 6.94. The highest BCUT2D eigenvalue weighted by Crippen LogP contribution is 2.25. The number of aromatic nitrogens is 3. The van der Waals surface area contributed by atoms with Crippen LogP contribution >= 0.6 is 31.9 Å². The molecule has 1 aromatic carbocycles. The molecule has 0 saturated heterocycles. The molecule has 5 nitrogen and oxygen atoms in total. The number of nitrogens with two attached hydrogens (primary N) is 1. The van der Waals surface area contributed by atoms with Crippen LogP contribution in [0.5, 0.6) is 0 Å². The van der Waals surface area contributed by atoms with E-state index >= 15 is 0 Å². The number of nitrogens with one attached hydrogen (secondary N) is 1. The first-order valence-corrected chi connectivity index (χ1v) is 6.94. The van der Waals surface area contributed by atoms with Gasteiger partial charge in [0.15, 0.2) is 0 Å². The Hall–Kier alpha value is -0.760. The van der Waals surface area contributed by atoms with Crippen molar-refractivity contribution in [2.45, 2.75) is 12.5 Å². The van der Waals surface area contributed by atoms with Gasteiger partial charge in [-0.1, -0.05) is 37.1 Å². The van der Waals surface area contributed by atoms with Crippen molar-refractivity contribution in [3.8, 4) is 0 Å². The van der Waals surface area contributed by atoms with Crippen molar-refractivity contribution in [1.82, 2.24) is 20.4 Å². The van der Waals surface area contributed by atoms with Gasteiger partial charge in [0.25, 0.3) is 0 Å². The zero-order chi connectivity index (χ0) is 13.1. The van der Waals surface area contributed by atoms with Crippen LogP contribution in [-0.4, -0.2) is 15.0 Å². The Balaban J connectivity index is 2.22. The average molecular weight is 375 g/mol. The van der Waals surface area contributed by atoms with Crippen LogP contribution in [0.3, 0.4) is 0 Å². The number of rotatable bonds is 4. The predicted molar refractivity (Wildman–Crippen MR) is 76.6 cm³/mol. The van der Waals surface area contributed by atoms with Gasteiger partial charge in [0.1, 0.15) is 0 Å². The Morgan fingerprint density at radius 2 is 2.00 bits per heavy atom. The average Bonchev–Trinajstić information content (AvgIpc) is 2.70. The van der Waals surface area contributed by atoms with E-state index in [1.807, 2.05) is 31.4 Å². The van der Waals surface area contributed by atoms with Crippen LogP contribution in [0.25, 0.3) is 0 Å². The molecule has 1 atom stereocenters. The molecule has 1 unspecified atom stereocenters. The van der Waals surface area contributed by atoms with Gasteiger partial charge in [-0.25, -0.2) is 0 Å². The molecule has 0 aliphatic heterocycles. The maximum Gasteiger partial charge on any atom is 0.0846 e. The summed E-state index contributed by atoms with van der Waals surface area (Å²) in [6.45, 7) is 0. The van der Waals surface area contributed by atoms with Crippen LogP contribution in [0.2, 0.25) is 0 Å². The van der Waals surface area contributed by atoms with Crippen LogP contribution in [0, 0.1) is 0 Å². The number of hydrogen-bond acceptors (Lipinski definition) is 4. The normalized spacial score (nSPS) is 12.7. The molecule has 0 fully saturated rings. The van der Waals surface area contributed by atoms with Crippen LogP contribution < -0.4 is 11.3 Å². The van der Waals surface area contributed by atoms with E-state index in [1.54, 1.807) is 4.68 Å². The standard InChI is InChI=1S/C11H13Br2N5/c1-18-6-10(16-17-18)5-11(15-14)7-2-8(12)4-9(13)3-7/h2-4,6,11,15H,5,14H2,1H3. The Labute approximate surface area is 122 Å². The van der Waals surface area contributed by atoms with Crippen molar-refractivity contribution in [3.63, 3.8) is 0 Å². The fraction of sp³-hybridized carbons (Fsp3) is 0.273. The van der Waals surface area contributed by atoms with E-state index in [2.05, 4.69) is 47.6 Å². The molecule has 0 aliphatic carbocycles. The van der Waals surface area contributed by atoms with Crippen LogP contribution in [0.15, 0.2) is 33.3 Å². The molecule has 0 radical (unpaired) electrons. The fourth-order valence-corrected chi connectivity index (χ4v) is 3.08. The third-order valence-electron chi connectivity index (χ3n) is 2.55. The minimum absolute atomic E-state index is 0.00417. The van der Waals surface area contributed by atoms with E-state index in [0.29, 0.717) is 6.42 Å². The first-order chi connectivity index (χ1) is 8.58. The number of aryl methyl sites for hydroxylation is 1. The van der Waals surface area contributed by atoms with Gasteiger partial charge in [-0.3, -0.25) is 16.0 Å². The summed E-state index contributed by atoms with van der Waals surface area (Å²) < 4.78 is 3.69. The highest BCUT2D eigenvalue weighted by molar-refractivity contribution is 9.11. The number of hydrogen-bond donors (Lipinski definition) is 2. The predicted octanol–water partition coefficient (Wildman–Crippen LogP) is 2.09. The van der Waals surface area contributed by atoms with Gasteiger partial charge in [0.05, 0.1) is 11.7 Å². The lowest BCUT2D eigenvalue weighted by atomic mass is 10.0. The van der Waals surface area contributed by atoms with Crippen LogP contribution in [-0.2, 0) is 13.5 Å². The molecule has 0 spiro atoms. The lowest BCUT2D eigenvalue weighted by Gasteiger charge is -2.15. The van der Waals surface area contributed by atoms with Gasteiger partial charge in [-0.05, 0) is 23.8 Å². The molecule has 0 bridgehead atoms. The van der Waals surface area contributed by atoms with Gasteiger partial charge < -0.3 is 0 Å². The van der Waals surface area contributed by atoms with Crippen molar-refractivity contribution in [3.05, 3.63) is 44.6 Å². The second-order valence-electron chi connectivity index (χ2n) is 4.01. The molecule has 1 aromatic heterocycles. The lowest BCUT2D eigenvalue weighted by molar-refractivity contribution is 0.545. The molecule has 0 amide bonds. The Morgan fingerprint density at radius 3 is 2.50 bits per heavy atom. The van der Waals surface area contributed by atoms with Gasteiger partial charge in [-0.15, -0.1) is 5.10 Å². The van der Waals surface area contributed by atoms with E-state index < -0.39 is 0 Å². The fourth-order valence-electron chi connectivity index (χ4n) is 1.75. The molecule has 0 saturated carbocycles. The molecule has 3 N–H and O–H groups in total. The highest BCUT2D eigenvalue weighted by atomic mass is 79.9. The van der Waals surface area contributed by atoms with Crippen LogP contribution in [0.1, 0.15) is 17.3 Å². The van der Waals surface area contributed by atoms with Crippen molar-refractivity contribution in [2.24, 2.45) is 12.9 Å². The SMILES string of the molecule is Cn1cc(CC(NN)c2cc(Br)cc(Br)c2)nn1. The lowest BCUT2D eigenvalue weighted by Crippen LogP contribution is -2.29. The Kier molecular flexibility index (Phi) is 4.50. The summed E-state index contributed by atoms with van der Waals surface area (Å²) in [7, 11) is 1.84. The zero-order valence-corrected chi connectivity index (χ0v) is 12.9. The molecular formula is C11H13Br2N5. The van der Waals surface area contributed by atoms with E-state index in [9.17, 15) is 0 Å². The minimum Gasteiger partial charge on any atom is -0.271 e. The maximum absolute atomic E-state index is 5.62. The van der Waals surface area contributed by atoms with Gasteiger partial charge in [-0.2, -0.15) is 0 Å². The largest absolute Gasteiger partial charge is 0.271 e. The molecule has 96 valence electrons. The molecule has 18 heavy (non-hydrogen) atoms. The second-order valence-corrected chi connectivity index (χ2v) is 5.84. The van der Waals surface area contributed by atoms with E-state index in [-0.39, 0.29) is 6.04 Å². The smallest absolute Gasteiger partial charge is 0.0846 e. The molecule has 0 aliphatic rings. The highest BCUT2D eigenvalue weighted by Gasteiger charge is 2.13. The maximum atomic E-state index is 5.62. The van der Waals surface area contributed by atoms with E-state index in [4.69, 9.17) is 5.84 Å². The summed E-state index contributed by atoms with van der Waals surface area (Å²) in [5.74, 6) is 5.62. The number of nitrogens with zero attached hydrogens (tertiary/aromatic N) is 3. The number of halogens is 2. The van der Waals surface area contributed by atoms with E-state index in [1.165, 1.54) is 0 Å². The van der Waals surface area contributed by atoms with Crippen LogP contribution in [0.4, 0.5) is 0 Å². The van der Waals surface area contributed by atoms with Gasteiger partial charge in [0, 0.05) is 28.6 Å². The quantitative estimate of drug-likeness (QED) is 0.635. The van der Waals surface area contributed by atoms with Crippen molar-refractivity contribution < 1.29 is 0 Å². The zero-order valence-electron chi connectivity index (χ0n) is 9.77. The minimum atomic E-state index is -0.00417. The monoisotopic (exact) mass is 373 g/mol. The van der Waals surface area contributed by atoms with Gasteiger partial charge >= 0.3 is 0 Å². The van der Waals surface area contributed by atoms with Gasteiger partial charge in [0.2, 0.25) is 0 Å². The molecular weight excluding hydrogens is 362 g/mol. The summed E-state index contributed by atoms with van der Waals surface area (Å²) in [5.41, 5.74) is 4.80. The molecule has 2 aromatic rings. The first kappa shape index (κ1) is 13.7. The summed E-state index contributed by atoms with van der Waals surface area (Å²) in [5, 5.41) is 7.98. The molecule has 7 heteroatoms. The Morgan fingerprint density at radius 1 is 1.33 bits per heavy atom. The third kappa shape index (κ3) is 3.38.